The topological polar surface area (TPSA) is 39.2 Å². The number of hydrogen-bond donors (Lipinski definition) is 0. The molecule has 0 radical (unpaired) electrons. The van der Waals surface area contributed by atoms with Crippen molar-refractivity contribution in [2.24, 2.45) is 0 Å². The summed E-state index contributed by atoms with van der Waals surface area (Å²) >= 11 is 4.83. The first-order chi connectivity index (χ1) is 6.19. The lowest BCUT2D eigenvalue weighted by atomic mass is 10.3. The zero-order valence-electron chi connectivity index (χ0n) is 7.41. The normalized spacial score (nSPS) is 12.5. The van der Waals surface area contributed by atoms with Gasteiger partial charge in [0.25, 0.3) is 0 Å². The highest BCUT2D eigenvalue weighted by Gasteiger charge is 2.14. The van der Waals surface area contributed by atoms with Gasteiger partial charge in [0.05, 0.1) is 18.1 Å². The van der Waals surface area contributed by atoms with Crippen molar-refractivity contribution in [3.8, 4) is 0 Å². The molecule has 5 heteroatoms. The van der Waals surface area contributed by atoms with Crippen LogP contribution in [0.2, 0.25) is 0 Å². The summed E-state index contributed by atoms with van der Waals surface area (Å²) in [5.41, 5.74) is 0. The van der Waals surface area contributed by atoms with E-state index in [2.05, 4.69) is 32.6 Å². The first-order valence-corrected chi connectivity index (χ1v) is 5.60. The molecule has 1 rings (SSSR count). The molecule has 0 amide bonds. The number of methoxy groups -OCH3 is 1. The van der Waals surface area contributed by atoms with Crippen LogP contribution >= 0.6 is 27.3 Å². The van der Waals surface area contributed by atoms with E-state index >= 15 is 0 Å². The number of halogens is 1. The summed E-state index contributed by atoms with van der Waals surface area (Å²) in [6.45, 7) is 2.05. The van der Waals surface area contributed by atoms with Crippen molar-refractivity contribution >= 4 is 33.2 Å². The molecule has 0 aliphatic rings. The Balaban J connectivity index is 2.80. The van der Waals surface area contributed by atoms with Crippen molar-refractivity contribution in [3.63, 3.8) is 0 Å². The number of esters is 1. The molecule has 0 aliphatic carbocycles. The van der Waals surface area contributed by atoms with Crippen molar-refractivity contribution in [3.05, 3.63) is 16.1 Å². The maximum Gasteiger partial charge on any atom is 0.349 e. The third kappa shape index (κ3) is 2.51. The lowest BCUT2D eigenvalue weighted by molar-refractivity contribution is 0.0606. The molecule has 0 aliphatic heterocycles. The average Bonchev–Trinajstić information content (AvgIpc) is 2.64. The van der Waals surface area contributed by atoms with Gasteiger partial charge in [-0.05, 0) is 6.42 Å². The molecule has 72 valence electrons. The van der Waals surface area contributed by atoms with Gasteiger partial charge in [0.15, 0.2) is 0 Å². The highest BCUT2D eigenvalue weighted by atomic mass is 79.9. The molecule has 0 bridgehead atoms. The number of alkyl halides is 1. The van der Waals surface area contributed by atoms with E-state index in [1.165, 1.54) is 18.4 Å². The Morgan fingerprint density at radius 3 is 3.08 bits per heavy atom. The number of carbonyl (C=O) groups is 1. The van der Waals surface area contributed by atoms with E-state index in [-0.39, 0.29) is 10.8 Å². The lowest BCUT2D eigenvalue weighted by Crippen LogP contribution is -1.96. The molecule has 0 fully saturated rings. The van der Waals surface area contributed by atoms with Crippen LogP contribution in [-0.2, 0) is 4.74 Å². The van der Waals surface area contributed by atoms with Gasteiger partial charge in [-0.25, -0.2) is 9.78 Å². The smallest absolute Gasteiger partial charge is 0.349 e. The molecular weight excluding hydrogens is 254 g/mol. The van der Waals surface area contributed by atoms with E-state index in [1.807, 2.05) is 0 Å². The van der Waals surface area contributed by atoms with Crippen LogP contribution in [0.25, 0.3) is 0 Å². The molecule has 13 heavy (non-hydrogen) atoms. The minimum Gasteiger partial charge on any atom is -0.465 e. The summed E-state index contributed by atoms with van der Waals surface area (Å²) in [6, 6.07) is 0. The zero-order valence-corrected chi connectivity index (χ0v) is 9.81. The molecule has 1 aromatic heterocycles. The molecule has 0 spiro atoms. The van der Waals surface area contributed by atoms with Crippen molar-refractivity contribution in [2.75, 3.05) is 7.11 Å². The number of hydrogen-bond acceptors (Lipinski definition) is 4. The Labute approximate surface area is 89.3 Å². The Bertz CT molecular complexity index is 300. The van der Waals surface area contributed by atoms with Gasteiger partial charge in [0, 0.05) is 0 Å². The molecular formula is C8H10BrNO2S. The number of nitrogens with zero attached hydrogens (tertiary/aromatic N) is 1. The van der Waals surface area contributed by atoms with Crippen LogP contribution in [0.1, 0.15) is 32.9 Å². The molecule has 1 heterocycles. The highest BCUT2D eigenvalue weighted by Crippen LogP contribution is 2.29. The first kappa shape index (κ1) is 10.7. The minimum atomic E-state index is -0.320. The first-order valence-electron chi connectivity index (χ1n) is 3.87. The van der Waals surface area contributed by atoms with Crippen LogP contribution in [0.4, 0.5) is 0 Å². The largest absolute Gasteiger partial charge is 0.465 e. The summed E-state index contributed by atoms with van der Waals surface area (Å²) < 4.78 is 4.58. The standard InChI is InChI=1S/C8H10BrNO2S/c1-3-5(9)7-10-4-6(13-7)8(11)12-2/h4-5H,3H2,1-2H3. The van der Waals surface area contributed by atoms with Crippen LogP contribution in [0.5, 0.6) is 0 Å². The third-order valence-corrected chi connectivity index (χ3v) is 4.01. The van der Waals surface area contributed by atoms with Crippen molar-refractivity contribution < 1.29 is 9.53 Å². The Morgan fingerprint density at radius 2 is 2.54 bits per heavy atom. The lowest BCUT2D eigenvalue weighted by Gasteiger charge is -1.99. The quantitative estimate of drug-likeness (QED) is 0.622. The molecule has 1 aromatic rings. The van der Waals surface area contributed by atoms with Crippen LogP contribution < -0.4 is 0 Å². The van der Waals surface area contributed by atoms with Crippen molar-refractivity contribution in [1.82, 2.24) is 4.98 Å². The average molecular weight is 264 g/mol. The zero-order chi connectivity index (χ0) is 9.84. The van der Waals surface area contributed by atoms with Crippen LogP contribution in [0, 0.1) is 0 Å². The van der Waals surface area contributed by atoms with Crippen molar-refractivity contribution in [1.29, 1.82) is 0 Å². The van der Waals surface area contributed by atoms with E-state index in [1.54, 1.807) is 6.20 Å². The summed E-state index contributed by atoms with van der Waals surface area (Å²) in [4.78, 5) is 16.0. The van der Waals surface area contributed by atoms with Crippen LogP contribution in [-0.4, -0.2) is 18.1 Å². The van der Waals surface area contributed by atoms with Gasteiger partial charge in [-0.2, -0.15) is 0 Å². The maximum atomic E-state index is 11.1. The number of ether oxygens (including phenoxy) is 1. The van der Waals surface area contributed by atoms with Gasteiger partial charge in [-0.1, -0.05) is 22.9 Å². The van der Waals surface area contributed by atoms with Gasteiger partial charge in [0.2, 0.25) is 0 Å². The Hall–Kier alpha value is -0.420. The monoisotopic (exact) mass is 263 g/mol. The molecule has 0 saturated heterocycles. The fourth-order valence-corrected chi connectivity index (χ4v) is 2.10. The second kappa shape index (κ2) is 4.72. The van der Waals surface area contributed by atoms with Gasteiger partial charge < -0.3 is 4.74 Å². The van der Waals surface area contributed by atoms with Gasteiger partial charge in [0.1, 0.15) is 9.88 Å². The van der Waals surface area contributed by atoms with Crippen LogP contribution in [0.3, 0.4) is 0 Å². The number of rotatable bonds is 3. The summed E-state index contributed by atoms with van der Waals surface area (Å²) in [5.74, 6) is -0.320. The van der Waals surface area contributed by atoms with E-state index in [0.29, 0.717) is 4.88 Å². The molecule has 1 unspecified atom stereocenters. The molecule has 0 aromatic carbocycles. The van der Waals surface area contributed by atoms with Crippen molar-refractivity contribution in [2.45, 2.75) is 18.2 Å². The number of carbonyl (C=O) groups excluding carboxylic acids is 1. The fraction of sp³-hybridized carbons (Fsp3) is 0.500. The fourth-order valence-electron chi connectivity index (χ4n) is 0.802. The summed E-state index contributed by atoms with van der Waals surface area (Å²) in [6.07, 6.45) is 2.50. The second-order valence-corrected chi connectivity index (χ2v) is 4.60. The van der Waals surface area contributed by atoms with E-state index < -0.39 is 0 Å². The Kier molecular flexibility index (Phi) is 3.87. The predicted octanol–water partition coefficient (Wildman–Crippen LogP) is 2.78. The molecule has 1 atom stereocenters. The number of thiazole rings is 1. The molecule has 3 nitrogen and oxygen atoms in total. The predicted molar refractivity (Wildman–Crippen MR) is 55.4 cm³/mol. The van der Waals surface area contributed by atoms with E-state index in [9.17, 15) is 4.79 Å². The second-order valence-electron chi connectivity index (χ2n) is 2.43. The van der Waals surface area contributed by atoms with Gasteiger partial charge in [-0.3, -0.25) is 0 Å². The Morgan fingerprint density at radius 1 is 1.85 bits per heavy atom. The third-order valence-electron chi connectivity index (χ3n) is 1.54. The van der Waals surface area contributed by atoms with Crippen LogP contribution in [0.15, 0.2) is 6.20 Å². The minimum absolute atomic E-state index is 0.232. The van der Waals surface area contributed by atoms with E-state index in [4.69, 9.17) is 0 Å². The van der Waals surface area contributed by atoms with Gasteiger partial charge in [-0.15, -0.1) is 11.3 Å². The number of aromatic nitrogens is 1. The SMILES string of the molecule is CCC(Br)c1ncc(C(=O)OC)s1. The summed E-state index contributed by atoms with van der Waals surface area (Å²) in [7, 11) is 1.37. The van der Waals surface area contributed by atoms with Gasteiger partial charge >= 0.3 is 5.97 Å². The summed E-state index contributed by atoms with van der Waals surface area (Å²) in [5, 5.41) is 0.919. The maximum absolute atomic E-state index is 11.1. The molecule has 0 N–H and O–H groups in total. The van der Waals surface area contributed by atoms with E-state index in [0.717, 1.165) is 11.4 Å². The highest BCUT2D eigenvalue weighted by molar-refractivity contribution is 9.09. The molecule has 0 saturated carbocycles.